The molecule has 0 aliphatic carbocycles. The fourth-order valence-electron chi connectivity index (χ4n) is 1.82. The van der Waals surface area contributed by atoms with Gasteiger partial charge in [-0.3, -0.25) is 0 Å². The quantitative estimate of drug-likeness (QED) is 0.376. The Balaban J connectivity index is 2.32. The Kier molecular flexibility index (Phi) is 4.93. The molecule has 0 atom stereocenters. The predicted molar refractivity (Wildman–Crippen MR) is 81.5 cm³/mol. The predicted octanol–water partition coefficient (Wildman–Crippen LogP) is 3.34. The van der Waals surface area contributed by atoms with Crippen LogP contribution in [0.25, 0.3) is 5.53 Å². The summed E-state index contributed by atoms with van der Waals surface area (Å²) in [5.74, 6) is -0.671. The Morgan fingerprint density at radius 2 is 1.95 bits per heavy atom. The van der Waals surface area contributed by atoms with Crippen molar-refractivity contribution in [3.8, 4) is 0 Å². The van der Waals surface area contributed by atoms with Gasteiger partial charge in [0.15, 0.2) is 0 Å². The van der Waals surface area contributed by atoms with Crippen LogP contribution in [0.15, 0.2) is 58.3 Å². The van der Waals surface area contributed by atoms with E-state index < -0.39 is 5.97 Å². The summed E-state index contributed by atoms with van der Waals surface area (Å²) in [7, 11) is 1.25. The van der Waals surface area contributed by atoms with E-state index >= 15 is 0 Å². The van der Waals surface area contributed by atoms with Gasteiger partial charge in [0.25, 0.3) is 0 Å². The van der Waals surface area contributed by atoms with Gasteiger partial charge in [-0.05, 0) is 36.8 Å². The number of ether oxygens (including phenoxy) is 1. The average Bonchev–Trinajstić information content (AvgIpc) is 2.50. The maximum absolute atomic E-state index is 11.5. The van der Waals surface area contributed by atoms with Crippen LogP contribution in [-0.2, 0) is 9.53 Å². The lowest BCUT2D eigenvalue weighted by molar-refractivity contribution is -0.137. The fourth-order valence-corrected chi connectivity index (χ4v) is 2.78. The van der Waals surface area contributed by atoms with E-state index in [4.69, 9.17) is 5.53 Å². The molecule has 0 aromatic heterocycles. The van der Waals surface area contributed by atoms with Crippen molar-refractivity contribution in [2.45, 2.75) is 16.7 Å². The fraction of sp³-hybridized carbons (Fsp3) is 0.125. The number of nitrogens with zero attached hydrogens (tertiary/aromatic N) is 2. The van der Waals surface area contributed by atoms with Crippen LogP contribution < -0.4 is 0 Å². The van der Waals surface area contributed by atoms with Crippen molar-refractivity contribution in [2.24, 2.45) is 0 Å². The molecule has 0 fully saturated rings. The third-order valence-electron chi connectivity index (χ3n) is 2.91. The molecule has 0 aliphatic rings. The number of rotatable bonds is 4. The number of carbonyl (C=O) groups is 1. The molecule has 0 aliphatic heterocycles. The topological polar surface area (TPSA) is 62.7 Å². The zero-order valence-electron chi connectivity index (χ0n) is 11.7. The number of benzene rings is 2. The van der Waals surface area contributed by atoms with Crippen LogP contribution in [0.2, 0.25) is 0 Å². The molecule has 0 bridgehead atoms. The van der Waals surface area contributed by atoms with E-state index in [1.165, 1.54) is 12.7 Å². The molecule has 0 heterocycles. The van der Waals surface area contributed by atoms with Gasteiger partial charge in [0.05, 0.1) is 12.7 Å². The van der Waals surface area contributed by atoms with E-state index in [9.17, 15) is 4.79 Å². The van der Waals surface area contributed by atoms with Crippen LogP contribution in [0, 0.1) is 6.92 Å². The maximum atomic E-state index is 11.5. The van der Waals surface area contributed by atoms with Crippen molar-refractivity contribution < 1.29 is 14.3 Å². The molecule has 2 rings (SSSR count). The zero-order chi connectivity index (χ0) is 15.2. The highest BCUT2D eigenvalue weighted by molar-refractivity contribution is 7.99. The van der Waals surface area contributed by atoms with Gasteiger partial charge in [-0.1, -0.05) is 36.0 Å². The Labute approximate surface area is 127 Å². The first-order chi connectivity index (χ1) is 10.2. The normalized spacial score (nSPS) is 9.81. The number of hydrogen-bond acceptors (Lipinski definition) is 3. The Morgan fingerprint density at radius 1 is 1.19 bits per heavy atom. The highest BCUT2D eigenvalue weighted by Gasteiger charge is 2.23. The summed E-state index contributed by atoms with van der Waals surface area (Å²) in [5, 5.41) is 0. The van der Waals surface area contributed by atoms with Gasteiger partial charge in [-0.15, -0.1) is 0 Å². The molecule has 5 heteroatoms. The molecular weight excluding hydrogens is 284 g/mol. The average molecular weight is 298 g/mol. The SMILES string of the molecule is COC(=O)C(=[N+]=[N-])c1cccc(Sc2ccccc2C)c1. The third-order valence-corrected chi connectivity index (χ3v) is 4.08. The van der Waals surface area contributed by atoms with E-state index in [1.807, 2.05) is 43.3 Å². The molecule has 106 valence electrons. The molecule has 0 saturated carbocycles. The molecule has 0 amide bonds. The summed E-state index contributed by atoms with van der Waals surface area (Å²) in [5.41, 5.74) is 10.6. The largest absolute Gasteiger partial charge is 0.460 e. The number of hydrogen-bond donors (Lipinski definition) is 0. The van der Waals surface area contributed by atoms with Crippen LogP contribution in [0.5, 0.6) is 0 Å². The van der Waals surface area contributed by atoms with Gasteiger partial charge in [-0.2, -0.15) is 4.79 Å². The first kappa shape index (κ1) is 15.0. The van der Waals surface area contributed by atoms with Crippen LogP contribution in [0.1, 0.15) is 11.1 Å². The lowest BCUT2D eigenvalue weighted by Crippen LogP contribution is -2.18. The number of carbonyl (C=O) groups excluding carboxylic acids is 1. The molecular formula is C16H14N2O2S. The minimum absolute atomic E-state index is 0.107. The lowest BCUT2D eigenvalue weighted by atomic mass is 10.1. The smallest absolute Gasteiger partial charge is 0.422 e. The molecule has 0 radical (unpaired) electrons. The van der Waals surface area contributed by atoms with Crippen molar-refractivity contribution in [2.75, 3.05) is 7.11 Å². The summed E-state index contributed by atoms with van der Waals surface area (Å²) in [6.07, 6.45) is 0. The standard InChI is InChI=1S/C16H14N2O2S/c1-11-6-3-4-9-14(11)21-13-8-5-7-12(10-13)15(18-17)16(19)20-2/h3-10H,1-2H3. The maximum Gasteiger partial charge on any atom is 0.422 e. The van der Waals surface area contributed by atoms with Crippen LogP contribution in [0.4, 0.5) is 0 Å². The second kappa shape index (κ2) is 6.88. The van der Waals surface area contributed by atoms with Gasteiger partial charge >= 0.3 is 11.7 Å². The summed E-state index contributed by atoms with van der Waals surface area (Å²) in [6.45, 7) is 2.04. The van der Waals surface area contributed by atoms with Crippen LogP contribution in [-0.4, -0.2) is 23.6 Å². The van der Waals surface area contributed by atoms with Crippen molar-refractivity contribution in [3.63, 3.8) is 0 Å². The van der Waals surface area contributed by atoms with Gasteiger partial charge in [0, 0.05) is 9.79 Å². The zero-order valence-corrected chi connectivity index (χ0v) is 12.6. The summed E-state index contributed by atoms with van der Waals surface area (Å²) in [4.78, 5) is 16.7. The van der Waals surface area contributed by atoms with E-state index in [0.717, 1.165) is 9.79 Å². The molecule has 0 spiro atoms. The van der Waals surface area contributed by atoms with Gasteiger partial charge in [-0.25, -0.2) is 4.79 Å². The minimum atomic E-state index is -0.671. The van der Waals surface area contributed by atoms with Crippen molar-refractivity contribution >= 4 is 23.4 Å². The molecule has 0 saturated heterocycles. The second-order valence-electron chi connectivity index (χ2n) is 4.34. The molecule has 0 unspecified atom stereocenters. The van der Waals surface area contributed by atoms with Crippen molar-refractivity contribution in [1.82, 2.24) is 0 Å². The summed E-state index contributed by atoms with van der Waals surface area (Å²) < 4.78 is 4.60. The van der Waals surface area contributed by atoms with E-state index in [-0.39, 0.29) is 5.71 Å². The van der Waals surface area contributed by atoms with Gasteiger partial charge in [0.2, 0.25) is 0 Å². The monoisotopic (exact) mass is 298 g/mol. The Bertz CT molecular complexity index is 722. The summed E-state index contributed by atoms with van der Waals surface area (Å²) in [6, 6.07) is 15.3. The summed E-state index contributed by atoms with van der Waals surface area (Å²) >= 11 is 1.59. The Hall–Kier alpha value is -2.36. The van der Waals surface area contributed by atoms with E-state index in [2.05, 4.69) is 9.53 Å². The molecule has 4 nitrogen and oxygen atoms in total. The molecule has 0 N–H and O–H groups in total. The van der Waals surface area contributed by atoms with Gasteiger partial charge < -0.3 is 10.3 Å². The number of aryl methyl sites for hydroxylation is 1. The van der Waals surface area contributed by atoms with Gasteiger partial charge in [0.1, 0.15) is 0 Å². The molecule has 2 aromatic carbocycles. The highest BCUT2D eigenvalue weighted by atomic mass is 32.2. The van der Waals surface area contributed by atoms with E-state index in [0.29, 0.717) is 5.56 Å². The Morgan fingerprint density at radius 3 is 2.62 bits per heavy atom. The highest BCUT2D eigenvalue weighted by Crippen LogP contribution is 2.30. The first-order valence-electron chi connectivity index (χ1n) is 6.30. The minimum Gasteiger partial charge on any atom is -0.460 e. The molecule has 2 aromatic rings. The third kappa shape index (κ3) is 3.60. The lowest BCUT2D eigenvalue weighted by Gasteiger charge is -2.05. The number of esters is 1. The first-order valence-corrected chi connectivity index (χ1v) is 7.11. The molecule has 21 heavy (non-hydrogen) atoms. The van der Waals surface area contributed by atoms with Crippen molar-refractivity contribution in [1.29, 1.82) is 0 Å². The van der Waals surface area contributed by atoms with E-state index in [1.54, 1.807) is 23.9 Å². The van der Waals surface area contributed by atoms with Crippen molar-refractivity contribution in [3.05, 3.63) is 65.2 Å². The van der Waals surface area contributed by atoms with Crippen LogP contribution >= 0.6 is 11.8 Å². The second-order valence-corrected chi connectivity index (χ2v) is 5.45. The number of methoxy groups -OCH3 is 1. The van der Waals surface area contributed by atoms with Crippen LogP contribution in [0.3, 0.4) is 0 Å².